The van der Waals surface area contributed by atoms with Crippen molar-refractivity contribution in [3.63, 3.8) is 0 Å². The standard InChI is InChI=1S/C24H19NO/c1-15-12-21(16(2)19-10-7-6-9-18(15)19)24-22(14-25)20-11-5-4-8-17(20)13-23(24)26-3/h4-13H,1-3H3. The third-order valence-corrected chi connectivity index (χ3v) is 5.13. The van der Waals surface area contributed by atoms with E-state index < -0.39 is 0 Å². The Morgan fingerprint density at radius 2 is 1.50 bits per heavy atom. The monoisotopic (exact) mass is 337 g/mol. The highest BCUT2D eigenvalue weighted by Gasteiger charge is 2.19. The Labute approximate surface area is 153 Å². The molecule has 126 valence electrons. The minimum atomic E-state index is 0.665. The van der Waals surface area contributed by atoms with Crippen LogP contribution in [-0.4, -0.2) is 7.11 Å². The van der Waals surface area contributed by atoms with Crippen LogP contribution in [0.3, 0.4) is 0 Å². The maximum Gasteiger partial charge on any atom is 0.128 e. The number of methoxy groups -OCH3 is 1. The SMILES string of the molecule is COc1cc2ccccc2c(C#N)c1-c1cc(C)c2ccccc2c1C. The lowest BCUT2D eigenvalue weighted by molar-refractivity contribution is 0.417. The Morgan fingerprint density at radius 3 is 2.19 bits per heavy atom. The maximum atomic E-state index is 9.97. The highest BCUT2D eigenvalue weighted by Crippen LogP contribution is 2.42. The number of benzene rings is 4. The average Bonchev–Trinajstić information content (AvgIpc) is 2.69. The Morgan fingerprint density at radius 1 is 0.846 bits per heavy atom. The zero-order valence-corrected chi connectivity index (χ0v) is 15.1. The number of hydrogen-bond acceptors (Lipinski definition) is 2. The predicted octanol–water partition coefficient (Wildman–Crippen LogP) is 6.16. The predicted molar refractivity (Wildman–Crippen MR) is 108 cm³/mol. The van der Waals surface area contributed by atoms with Gasteiger partial charge in [0.1, 0.15) is 11.8 Å². The van der Waals surface area contributed by atoms with Crippen molar-refractivity contribution in [1.82, 2.24) is 0 Å². The highest BCUT2D eigenvalue weighted by atomic mass is 16.5. The summed E-state index contributed by atoms with van der Waals surface area (Å²) >= 11 is 0. The molecule has 0 atom stereocenters. The van der Waals surface area contributed by atoms with Crippen LogP contribution in [0.5, 0.6) is 5.75 Å². The summed E-state index contributed by atoms with van der Waals surface area (Å²) < 4.78 is 5.71. The van der Waals surface area contributed by atoms with E-state index in [0.717, 1.165) is 33.2 Å². The second-order valence-corrected chi connectivity index (χ2v) is 6.57. The first-order chi connectivity index (χ1) is 12.7. The van der Waals surface area contributed by atoms with Crippen molar-refractivity contribution in [3.8, 4) is 22.9 Å². The summed E-state index contributed by atoms with van der Waals surface area (Å²) in [6, 6.07) is 23.0. The molecule has 0 saturated carbocycles. The molecule has 4 aromatic rings. The number of nitriles is 1. The fourth-order valence-corrected chi connectivity index (χ4v) is 3.83. The summed E-state index contributed by atoms with van der Waals surface area (Å²) in [5.41, 5.74) is 4.95. The molecule has 0 aromatic heterocycles. The van der Waals surface area contributed by atoms with Gasteiger partial charge in [0.2, 0.25) is 0 Å². The van der Waals surface area contributed by atoms with E-state index in [2.05, 4.69) is 50.2 Å². The lowest BCUT2D eigenvalue weighted by Crippen LogP contribution is -1.97. The van der Waals surface area contributed by atoms with Crippen LogP contribution in [0.15, 0.2) is 60.7 Å². The van der Waals surface area contributed by atoms with Crippen LogP contribution in [0, 0.1) is 25.2 Å². The van der Waals surface area contributed by atoms with Crippen LogP contribution in [0.2, 0.25) is 0 Å². The fourth-order valence-electron chi connectivity index (χ4n) is 3.83. The molecule has 0 N–H and O–H groups in total. The van der Waals surface area contributed by atoms with E-state index >= 15 is 0 Å². The van der Waals surface area contributed by atoms with Gasteiger partial charge < -0.3 is 4.74 Å². The topological polar surface area (TPSA) is 33.0 Å². The van der Waals surface area contributed by atoms with Crippen molar-refractivity contribution >= 4 is 21.5 Å². The second-order valence-electron chi connectivity index (χ2n) is 6.57. The van der Waals surface area contributed by atoms with Crippen molar-refractivity contribution in [2.75, 3.05) is 7.11 Å². The molecular weight excluding hydrogens is 318 g/mol. The molecule has 26 heavy (non-hydrogen) atoms. The number of rotatable bonds is 2. The summed E-state index contributed by atoms with van der Waals surface area (Å²) in [5, 5.41) is 14.4. The molecule has 0 radical (unpaired) electrons. The van der Waals surface area contributed by atoms with Gasteiger partial charge in [-0.15, -0.1) is 0 Å². The number of ether oxygens (including phenoxy) is 1. The molecule has 0 unspecified atom stereocenters. The quantitative estimate of drug-likeness (QED) is 0.439. The van der Waals surface area contributed by atoms with Gasteiger partial charge in [-0.25, -0.2) is 0 Å². The molecule has 2 nitrogen and oxygen atoms in total. The van der Waals surface area contributed by atoms with Crippen molar-refractivity contribution in [3.05, 3.63) is 77.4 Å². The molecular formula is C24H19NO. The normalized spacial score (nSPS) is 10.8. The number of fused-ring (bicyclic) bond motifs is 2. The molecule has 0 aliphatic heterocycles. The summed E-state index contributed by atoms with van der Waals surface area (Å²) in [6.07, 6.45) is 0. The van der Waals surface area contributed by atoms with E-state index in [1.165, 1.54) is 16.3 Å². The Kier molecular flexibility index (Phi) is 3.86. The van der Waals surface area contributed by atoms with Crippen molar-refractivity contribution in [2.45, 2.75) is 13.8 Å². The van der Waals surface area contributed by atoms with Gasteiger partial charge in [0.05, 0.1) is 12.7 Å². The van der Waals surface area contributed by atoms with Crippen LogP contribution in [0.4, 0.5) is 0 Å². The molecule has 4 aromatic carbocycles. The molecule has 0 spiro atoms. The van der Waals surface area contributed by atoms with Gasteiger partial charge in [0.25, 0.3) is 0 Å². The first kappa shape index (κ1) is 16.2. The van der Waals surface area contributed by atoms with E-state index in [4.69, 9.17) is 4.74 Å². The van der Waals surface area contributed by atoms with Gasteiger partial charge in [-0.05, 0) is 52.8 Å². The Balaban J connectivity index is 2.17. The average molecular weight is 337 g/mol. The van der Waals surface area contributed by atoms with Gasteiger partial charge >= 0.3 is 0 Å². The lowest BCUT2D eigenvalue weighted by Gasteiger charge is -2.18. The van der Waals surface area contributed by atoms with E-state index in [9.17, 15) is 5.26 Å². The summed E-state index contributed by atoms with van der Waals surface area (Å²) in [6.45, 7) is 4.23. The van der Waals surface area contributed by atoms with Gasteiger partial charge in [-0.1, -0.05) is 54.6 Å². The van der Waals surface area contributed by atoms with E-state index in [1.807, 2.05) is 30.3 Å². The van der Waals surface area contributed by atoms with Crippen molar-refractivity contribution in [1.29, 1.82) is 5.26 Å². The zero-order chi connectivity index (χ0) is 18.3. The second kappa shape index (κ2) is 6.20. The van der Waals surface area contributed by atoms with Crippen LogP contribution in [0.25, 0.3) is 32.7 Å². The fraction of sp³-hybridized carbons (Fsp3) is 0.125. The van der Waals surface area contributed by atoms with Crippen LogP contribution < -0.4 is 4.74 Å². The number of nitrogens with zero attached hydrogens (tertiary/aromatic N) is 1. The minimum Gasteiger partial charge on any atom is -0.496 e. The Hall–Kier alpha value is -3.31. The lowest BCUT2D eigenvalue weighted by atomic mass is 9.87. The summed E-state index contributed by atoms with van der Waals surface area (Å²) in [7, 11) is 1.66. The van der Waals surface area contributed by atoms with Gasteiger partial charge in [-0.3, -0.25) is 0 Å². The minimum absolute atomic E-state index is 0.665. The van der Waals surface area contributed by atoms with Crippen molar-refractivity contribution in [2.24, 2.45) is 0 Å². The molecule has 0 saturated heterocycles. The molecule has 4 rings (SSSR count). The van der Waals surface area contributed by atoms with E-state index in [1.54, 1.807) is 7.11 Å². The van der Waals surface area contributed by atoms with Crippen molar-refractivity contribution < 1.29 is 4.74 Å². The third-order valence-electron chi connectivity index (χ3n) is 5.13. The molecule has 0 aliphatic rings. The van der Waals surface area contributed by atoms with Gasteiger partial charge in [0.15, 0.2) is 0 Å². The zero-order valence-electron chi connectivity index (χ0n) is 15.1. The van der Waals surface area contributed by atoms with Gasteiger partial charge in [0, 0.05) is 10.9 Å². The highest BCUT2D eigenvalue weighted by molar-refractivity contribution is 6.01. The molecule has 0 bridgehead atoms. The molecule has 0 fully saturated rings. The maximum absolute atomic E-state index is 9.97. The van der Waals surface area contributed by atoms with E-state index in [0.29, 0.717) is 5.56 Å². The largest absolute Gasteiger partial charge is 0.496 e. The smallest absolute Gasteiger partial charge is 0.128 e. The number of aryl methyl sites for hydroxylation is 2. The molecule has 0 aliphatic carbocycles. The van der Waals surface area contributed by atoms with E-state index in [-0.39, 0.29) is 0 Å². The van der Waals surface area contributed by atoms with Crippen LogP contribution >= 0.6 is 0 Å². The molecule has 2 heteroatoms. The molecule has 0 amide bonds. The first-order valence-corrected chi connectivity index (χ1v) is 8.65. The van der Waals surface area contributed by atoms with Gasteiger partial charge in [-0.2, -0.15) is 5.26 Å². The first-order valence-electron chi connectivity index (χ1n) is 8.65. The number of hydrogen-bond donors (Lipinski definition) is 0. The summed E-state index contributed by atoms with van der Waals surface area (Å²) in [5.74, 6) is 0.734. The summed E-state index contributed by atoms with van der Waals surface area (Å²) in [4.78, 5) is 0. The van der Waals surface area contributed by atoms with Crippen LogP contribution in [-0.2, 0) is 0 Å². The third kappa shape index (κ3) is 2.33. The molecule has 0 heterocycles. The Bertz CT molecular complexity index is 1200. The van der Waals surface area contributed by atoms with Crippen LogP contribution in [0.1, 0.15) is 16.7 Å².